The lowest BCUT2D eigenvalue weighted by Crippen LogP contribution is -2.60. The Labute approximate surface area is 95.9 Å². The maximum absolute atomic E-state index is 13.0. The maximum Gasteiger partial charge on any atom is 0.407 e. The van der Waals surface area contributed by atoms with E-state index in [0.717, 1.165) is 17.0 Å². The molecule has 1 aliphatic heterocycles. The fourth-order valence-corrected chi connectivity index (χ4v) is 1.95. The van der Waals surface area contributed by atoms with Gasteiger partial charge in [-0.25, -0.2) is 9.18 Å². The Balaban J connectivity index is 2.23. The molecule has 16 heavy (non-hydrogen) atoms. The summed E-state index contributed by atoms with van der Waals surface area (Å²) in [4.78, 5) is 11.6. The third-order valence-electron chi connectivity index (χ3n) is 2.58. The first-order chi connectivity index (χ1) is 7.40. The van der Waals surface area contributed by atoms with E-state index in [1.807, 2.05) is 0 Å². The number of rotatable bonds is 1. The van der Waals surface area contributed by atoms with Crippen LogP contribution in [-0.2, 0) is 5.60 Å². The number of nitrogens with zero attached hydrogens (tertiary/aromatic N) is 1. The minimum atomic E-state index is -1.33. The fourth-order valence-electron chi connectivity index (χ4n) is 1.73. The van der Waals surface area contributed by atoms with Crippen molar-refractivity contribution in [2.75, 3.05) is 13.1 Å². The molecule has 1 aromatic rings. The van der Waals surface area contributed by atoms with Crippen LogP contribution in [0.5, 0.6) is 0 Å². The zero-order valence-electron chi connectivity index (χ0n) is 8.15. The maximum atomic E-state index is 13.0. The summed E-state index contributed by atoms with van der Waals surface area (Å²) in [6.07, 6.45) is -1.10. The smallest absolute Gasteiger partial charge is 0.407 e. The third-order valence-corrected chi connectivity index (χ3v) is 2.79. The first-order valence-electron chi connectivity index (χ1n) is 4.57. The van der Waals surface area contributed by atoms with Crippen molar-refractivity contribution in [2.24, 2.45) is 0 Å². The summed E-state index contributed by atoms with van der Waals surface area (Å²) in [5.74, 6) is -0.551. The number of halogens is 2. The molecule has 6 heteroatoms. The lowest BCUT2D eigenvalue weighted by molar-refractivity contribution is -0.0899. The molecule has 0 unspecified atom stereocenters. The fraction of sp³-hybridized carbons (Fsp3) is 0.300. The van der Waals surface area contributed by atoms with Gasteiger partial charge in [-0.1, -0.05) is 11.6 Å². The standard InChI is InChI=1S/C10H9ClFNO3/c11-7-1-6(2-8(12)3-7)10(16)4-13(5-10)9(14)15/h1-3,16H,4-5H2,(H,14,15). The van der Waals surface area contributed by atoms with Crippen LogP contribution >= 0.6 is 11.6 Å². The van der Waals surface area contributed by atoms with Gasteiger partial charge in [0.1, 0.15) is 11.4 Å². The van der Waals surface area contributed by atoms with Crippen LogP contribution in [0.3, 0.4) is 0 Å². The zero-order chi connectivity index (χ0) is 11.9. The van der Waals surface area contributed by atoms with Gasteiger partial charge in [0.05, 0.1) is 13.1 Å². The van der Waals surface area contributed by atoms with E-state index >= 15 is 0 Å². The summed E-state index contributed by atoms with van der Waals surface area (Å²) in [5.41, 5.74) is -1.03. The topological polar surface area (TPSA) is 60.8 Å². The van der Waals surface area contributed by atoms with Gasteiger partial charge in [0, 0.05) is 5.02 Å². The Morgan fingerprint density at radius 3 is 2.56 bits per heavy atom. The van der Waals surface area contributed by atoms with Crippen LogP contribution in [0, 0.1) is 5.82 Å². The second-order valence-electron chi connectivity index (χ2n) is 3.83. The zero-order valence-corrected chi connectivity index (χ0v) is 8.91. The van der Waals surface area contributed by atoms with E-state index in [2.05, 4.69) is 0 Å². The monoisotopic (exact) mass is 245 g/mol. The largest absolute Gasteiger partial charge is 0.465 e. The van der Waals surface area contributed by atoms with Crippen LogP contribution < -0.4 is 0 Å². The Morgan fingerprint density at radius 2 is 2.06 bits per heavy atom. The van der Waals surface area contributed by atoms with Gasteiger partial charge in [0.25, 0.3) is 0 Å². The van der Waals surface area contributed by atoms with Gasteiger partial charge in [0.15, 0.2) is 0 Å². The molecule has 86 valence electrons. The molecule has 1 aromatic carbocycles. The summed E-state index contributed by atoms with van der Waals surface area (Å²) in [6.45, 7) is -0.135. The second kappa shape index (κ2) is 3.61. The molecule has 4 nitrogen and oxygen atoms in total. The molecule has 0 spiro atoms. The van der Waals surface area contributed by atoms with Crippen molar-refractivity contribution in [1.29, 1.82) is 0 Å². The van der Waals surface area contributed by atoms with E-state index in [-0.39, 0.29) is 18.1 Å². The predicted molar refractivity (Wildman–Crippen MR) is 54.9 cm³/mol. The van der Waals surface area contributed by atoms with E-state index in [1.54, 1.807) is 0 Å². The summed E-state index contributed by atoms with van der Waals surface area (Å²) in [5, 5.41) is 18.8. The number of carbonyl (C=O) groups is 1. The lowest BCUT2D eigenvalue weighted by atomic mass is 9.86. The highest BCUT2D eigenvalue weighted by molar-refractivity contribution is 6.30. The molecule has 1 heterocycles. The summed E-state index contributed by atoms with van der Waals surface area (Å²) < 4.78 is 13.0. The van der Waals surface area contributed by atoms with Gasteiger partial charge in [-0.05, 0) is 23.8 Å². The molecule has 1 amide bonds. The molecule has 2 rings (SSSR count). The first-order valence-corrected chi connectivity index (χ1v) is 4.95. The average Bonchev–Trinajstić information content (AvgIpc) is 2.10. The van der Waals surface area contributed by atoms with Crippen molar-refractivity contribution in [3.05, 3.63) is 34.6 Å². The highest BCUT2D eigenvalue weighted by atomic mass is 35.5. The average molecular weight is 246 g/mol. The number of hydrogen-bond donors (Lipinski definition) is 2. The minimum Gasteiger partial charge on any atom is -0.465 e. The normalized spacial score (nSPS) is 18.1. The van der Waals surface area contributed by atoms with Crippen molar-refractivity contribution < 1.29 is 19.4 Å². The van der Waals surface area contributed by atoms with Crippen LogP contribution in [0.4, 0.5) is 9.18 Å². The van der Waals surface area contributed by atoms with Crippen LogP contribution in [0.15, 0.2) is 18.2 Å². The van der Waals surface area contributed by atoms with Crippen LogP contribution in [0.2, 0.25) is 5.02 Å². The number of aliphatic hydroxyl groups is 1. The second-order valence-corrected chi connectivity index (χ2v) is 4.26. The number of benzene rings is 1. The van der Waals surface area contributed by atoms with Crippen LogP contribution in [0.25, 0.3) is 0 Å². The Bertz CT molecular complexity index is 425. The van der Waals surface area contributed by atoms with Gasteiger partial charge in [-0.2, -0.15) is 0 Å². The number of β-amino-alcohol motifs (C(OH)–C–C–N with tert-alkyl or cyclic N) is 1. The van der Waals surface area contributed by atoms with Crippen molar-refractivity contribution >= 4 is 17.7 Å². The van der Waals surface area contributed by atoms with Crippen molar-refractivity contribution in [2.45, 2.75) is 5.60 Å². The van der Waals surface area contributed by atoms with E-state index in [0.29, 0.717) is 5.56 Å². The molecular weight excluding hydrogens is 237 g/mol. The molecule has 0 radical (unpaired) electrons. The minimum absolute atomic E-state index is 0.0673. The van der Waals surface area contributed by atoms with Gasteiger partial charge in [-0.3, -0.25) is 0 Å². The molecule has 1 aliphatic rings. The molecule has 0 bridgehead atoms. The van der Waals surface area contributed by atoms with Crippen LogP contribution in [-0.4, -0.2) is 34.3 Å². The summed E-state index contributed by atoms with van der Waals surface area (Å²) in [7, 11) is 0. The van der Waals surface area contributed by atoms with E-state index < -0.39 is 17.5 Å². The molecule has 0 aromatic heterocycles. The van der Waals surface area contributed by atoms with Crippen molar-refractivity contribution in [3.63, 3.8) is 0 Å². The van der Waals surface area contributed by atoms with Gasteiger partial charge in [0.2, 0.25) is 0 Å². The third kappa shape index (κ3) is 1.83. The Morgan fingerprint density at radius 1 is 1.44 bits per heavy atom. The van der Waals surface area contributed by atoms with Crippen molar-refractivity contribution in [3.8, 4) is 0 Å². The molecular formula is C10H9ClFNO3. The molecule has 0 atom stereocenters. The quantitative estimate of drug-likeness (QED) is 0.791. The Hall–Kier alpha value is -1.33. The van der Waals surface area contributed by atoms with E-state index in [1.165, 1.54) is 6.07 Å². The van der Waals surface area contributed by atoms with Crippen molar-refractivity contribution in [1.82, 2.24) is 4.90 Å². The highest BCUT2D eigenvalue weighted by Crippen LogP contribution is 2.33. The SMILES string of the molecule is O=C(O)N1CC(O)(c2cc(F)cc(Cl)c2)C1. The van der Waals surface area contributed by atoms with Gasteiger partial charge in [-0.15, -0.1) is 0 Å². The molecule has 0 aliphatic carbocycles. The molecule has 0 saturated carbocycles. The summed E-state index contributed by atoms with van der Waals surface area (Å²) in [6, 6.07) is 3.72. The highest BCUT2D eigenvalue weighted by Gasteiger charge is 2.45. The molecule has 1 saturated heterocycles. The summed E-state index contributed by atoms with van der Waals surface area (Å²) >= 11 is 5.66. The number of carboxylic acid groups (broad SMARTS) is 1. The van der Waals surface area contributed by atoms with E-state index in [4.69, 9.17) is 16.7 Å². The molecule has 2 N–H and O–H groups in total. The molecule has 1 fully saturated rings. The van der Waals surface area contributed by atoms with E-state index in [9.17, 15) is 14.3 Å². The lowest BCUT2D eigenvalue weighted by Gasteiger charge is -2.45. The van der Waals surface area contributed by atoms with Gasteiger partial charge < -0.3 is 15.1 Å². The Kier molecular flexibility index (Phi) is 2.52. The number of hydrogen-bond acceptors (Lipinski definition) is 2. The van der Waals surface area contributed by atoms with Crippen LogP contribution in [0.1, 0.15) is 5.56 Å². The van der Waals surface area contributed by atoms with Gasteiger partial charge >= 0.3 is 6.09 Å². The number of likely N-dealkylation sites (tertiary alicyclic amines) is 1. The number of amides is 1. The first kappa shape index (κ1) is 11.2. The predicted octanol–water partition coefficient (Wildman–Crippen LogP) is 1.66.